The van der Waals surface area contributed by atoms with Gasteiger partial charge in [-0.15, -0.1) is 0 Å². The molecule has 6 N–H and O–H groups in total. The molecule has 2 aliphatic heterocycles. The van der Waals surface area contributed by atoms with E-state index in [0.717, 1.165) is 6.08 Å². The van der Waals surface area contributed by atoms with Crippen molar-refractivity contribution in [3.8, 4) is 0 Å². The lowest BCUT2D eigenvalue weighted by Crippen LogP contribution is -2.65. The van der Waals surface area contributed by atoms with E-state index in [2.05, 4.69) is 5.32 Å². The summed E-state index contributed by atoms with van der Waals surface area (Å²) in [4.78, 5) is 22.4. The summed E-state index contributed by atoms with van der Waals surface area (Å²) in [6, 6.07) is -0.875. The Labute approximate surface area is 148 Å². The molecule has 1 fully saturated rings. The number of aliphatic carboxylic acids is 1. The molecule has 2 rings (SSSR count). The highest BCUT2D eigenvalue weighted by Gasteiger charge is 2.47. The van der Waals surface area contributed by atoms with Crippen molar-refractivity contribution in [3.05, 3.63) is 11.8 Å². The summed E-state index contributed by atoms with van der Waals surface area (Å²) in [5.41, 5.74) is 0. The molecule has 0 aromatic carbocycles. The first kappa shape index (κ1) is 20.6. The molecule has 0 radical (unpaired) electrons. The highest BCUT2D eigenvalue weighted by atomic mass is 16.7. The molecule has 11 nitrogen and oxygen atoms in total. The third-order valence-electron chi connectivity index (χ3n) is 4.21. The first-order valence-electron chi connectivity index (χ1n) is 8.00. The van der Waals surface area contributed by atoms with Gasteiger partial charge in [-0.05, 0) is 13.0 Å². The first-order chi connectivity index (χ1) is 12.1. The SMILES string of the molecule is CC(=O)N[C@H]1C(C)O[C@H](CO)C(O[C@@H]2OC(C(=O)O)=C[C@H](O)[C@H]2O)[C@@H]1O. The highest BCUT2D eigenvalue weighted by molar-refractivity contribution is 5.84. The summed E-state index contributed by atoms with van der Waals surface area (Å²) in [6.45, 7) is 2.29. The lowest BCUT2D eigenvalue weighted by atomic mass is 9.93. The molecule has 2 aliphatic rings. The number of rotatable bonds is 5. The molecule has 0 aromatic heterocycles. The molecular formula is C15H23NO10. The molecule has 0 spiro atoms. The van der Waals surface area contributed by atoms with Crippen LogP contribution in [0.3, 0.4) is 0 Å². The molecule has 8 atom stereocenters. The number of carbonyl (C=O) groups is 2. The van der Waals surface area contributed by atoms with Gasteiger partial charge in [0, 0.05) is 6.92 Å². The number of aliphatic hydroxyl groups is 4. The molecule has 1 amide bonds. The summed E-state index contributed by atoms with van der Waals surface area (Å²) in [6.07, 6.45) is -8.33. The Morgan fingerprint density at radius 1 is 1.27 bits per heavy atom. The third-order valence-corrected chi connectivity index (χ3v) is 4.21. The van der Waals surface area contributed by atoms with E-state index in [4.69, 9.17) is 19.3 Å². The molecule has 0 saturated carbocycles. The van der Waals surface area contributed by atoms with Gasteiger partial charge in [-0.1, -0.05) is 0 Å². The van der Waals surface area contributed by atoms with Crippen LogP contribution in [-0.4, -0.2) is 93.0 Å². The predicted octanol–water partition coefficient (Wildman–Crippen LogP) is -2.94. The van der Waals surface area contributed by atoms with E-state index in [0.29, 0.717) is 0 Å². The Kier molecular flexibility index (Phi) is 6.55. The topological polar surface area (TPSA) is 175 Å². The number of hydrogen-bond donors (Lipinski definition) is 6. The summed E-state index contributed by atoms with van der Waals surface area (Å²) in [5.74, 6) is -2.54. The maximum Gasteiger partial charge on any atom is 0.371 e. The van der Waals surface area contributed by atoms with Crippen LogP contribution in [-0.2, 0) is 23.8 Å². The Hall–Kier alpha value is -1.76. The van der Waals surface area contributed by atoms with E-state index in [9.17, 15) is 30.0 Å². The number of aliphatic hydroxyl groups excluding tert-OH is 4. The molecule has 0 bridgehead atoms. The lowest BCUT2D eigenvalue weighted by molar-refractivity contribution is -0.282. The Balaban J connectivity index is 2.19. The predicted molar refractivity (Wildman–Crippen MR) is 82.5 cm³/mol. The monoisotopic (exact) mass is 377 g/mol. The summed E-state index contributed by atoms with van der Waals surface area (Å²) >= 11 is 0. The molecule has 11 heteroatoms. The largest absolute Gasteiger partial charge is 0.475 e. The van der Waals surface area contributed by atoms with E-state index < -0.39 is 73.2 Å². The van der Waals surface area contributed by atoms with E-state index in [1.165, 1.54) is 6.92 Å². The minimum atomic E-state index is -1.64. The van der Waals surface area contributed by atoms with Crippen LogP contribution in [0.15, 0.2) is 11.8 Å². The van der Waals surface area contributed by atoms with Crippen molar-refractivity contribution < 1.29 is 49.3 Å². The minimum Gasteiger partial charge on any atom is -0.475 e. The lowest BCUT2D eigenvalue weighted by Gasteiger charge is -2.45. The zero-order valence-corrected chi connectivity index (χ0v) is 14.2. The van der Waals surface area contributed by atoms with Gasteiger partial charge in [0.2, 0.25) is 18.0 Å². The zero-order chi connectivity index (χ0) is 19.6. The Bertz CT molecular complexity index is 567. The summed E-state index contributed by atoms with van der Waals surface area (Å²) in [5, 5.41) is 51.3. The van der Waals surface area contributed by atoms with Crippen molar-refractivity contribution in [1.82, 2.24) is 5.32 Å². The molecule has 0 aromatic rings. The maximum atomic E-state index is 11.3. The van der Waals surface area contributed by atoms with Gasteiger partial charge in [-0.2, -0.15) is 0 Å². The van der Waals surface area contributed by atoms with E-state index >= 15 is 0 Å². The van der Waals surface area contributed by atoms with Crippen LogP contribution in [0.1, 0.15) is 13.8 Å². The molecule has 148 valence electrons. The van der Waals surface area contributed by atoms with Crippen molar-refractivity contribution in [2.75, 3.05) is 6.61 Å². The van der Waals surface area contributed by atoms with Crippen molar-refractivity contribution >= 4 is 11.9 Å². The van der Waals surface area contributed by atoms with Gasteiger partial charge >= 0.3 is 5.97 Å². The van der Waals surface area contributed by atoms with Gasteiger partial charge in [0.05, 0.1) is 18.8 Å². The van der Waals surface area contributed by atoms with Crippen LogP contribution < -0.4 is 5.32 Å². The zero-order valence-electron chi connectivity index (χ0n) is 14.2. The maximum absolute atomic E-state index is 11.3. The number of amides is 1. The number of ether oxygens (including phenoxy) is 3. The van der Waals surface area contributed by atoms with Crippen LogP contribution in [0.4, 0.5) is 0 Å². The molecule has 2 heterocycles. The smallest absolute Gasteiger partial charge is 0.371 e. The summed E-state index contributed by atoms with van der Waals surface area (Å²) in [7, 11) is 0. The number of carboxylic acids is 1. The number of hydrogen-bond acceptors (Lipinski definition) is 9. The molecule has 26 heavy (non-hydrogen) atoms. The molecule has 1 saturated heterocycles. The minimum absolute atomic E-state index is 0.425. The average Bonchev–Trinajstić information content (AvgIpc) is 2.56. The van der Waals surface area contributed by atoms with Gasteiger partial charge in [-0.3, -0.25) is 4.79 Å². The van der Waals surface area contributed by atoms with Gasteiger partial charge in [0.15, 0.2) is 0 Å². The fourth-order valence-corrected chi connectivity index (χ4v) is 2.93. The van der Waals surface area contributed by atoms with Crippen molar-refractivity contribution in [3.63, 3.8) is 0 Å². The number of nitrogens with one attached hydrogen (secondary N) is 1. The van der Waals surface area contributed by atoms with Crippen molar-refractivity contribution in [2.45, 2.75) is 62.8 Å². The molecular weight excluding hydrogens is 354 g/mol. The molecule has 0 aliphatic carbocycles. The standard InChI is InChI=1S/C15H23NO10/c1-5-10(16-6(2)18)12(21)13(9(4-17)24-5)26-15-11(20)7(19)3-8(25-15)14(22)23/h3,5,7,9-13,15,17,19-21H,4H2,1-2H3,(H,16,18)(H,22,23)/t5?,7-,9+,10-,11+,12+,13?,15-/m0/s1. The third kappa shape index (κ3) is 4.31. The van der Waals surface area contributed by atoms with E-state index in [-0.39, 0.29) is 0 Å². The Morgan fingerprint density at radius 2 is 1.92 bits per heavy atom. The second kappa shape index (κ2) is 8.29. The first-order valence-corrected chi connectivity index (χ1v) is 8.00. The van der Waals surface area contributed by atoms with Crippen LogP contribution in [0.2, 0.25) is 0 Å². The van der Waals surface area contributed by atoms with Gasteiger partial charge in [-0.25, -0.2) is 4.79 Å². The van der Waals surface area contributed by atoms with Crippen molar-refractivity contribution in [2.24, 2.45) is 0 Å². The van der Waals surface area contributed by atoms with Crippen LogP contribution >= 0.6 is 0 Å². The van der Waals surface area contributed by atoms with Gasteiger partial charge in [0.25, 0.3) is 0 Å². The highest BCUT2D eigenvalue weighted by Crippen LogP contribution is 2.28. The average molecular weight is 377 g/mol. The quantitative estimate of drug-likeness (QED) is 0.291. The second-order valence-corrected chi connectivity index (χ2v) is 6.18. The van der Waals surface area contributed by atoms with E-state index in [1.807, 2.05) is 0 Å². The molecule has 2 unspecified atom stereocenters. The normalized spacial score (nSPS) is 40.3. The number of carboxylic acid groups (broad SMARTS) is 1. The van der Waals surface area contributed by atoms with Crippen LogP contribution in [0, 0.1) is 0 Å². The fraction of sp³-hybridized carbons (Fsp3) is 0.733. The van der Waals surface area contributed by atoms with E-state index in [1.54, 1.807) is 6.92 Å². The van der Waals surface area contributed by atoms with Crippen molar-refractivity contribution in [1.29, 1.82) is 0 Å². The second-order valence-electron chi connectivity index (χ2n) is 6.18. The van der Waals surface area contributed by atoms with Crippen LogP contribution in [0.5, 0.6) is 0 Å². The fourth-order valence-electron chi connectivity index (χ4n) is 2.93. The van der Waals surface area contributed by atoms with Crippen LogP contribution in [0.25, 0.3) is 0 Å². The Morgan fingerprint density at radius 3 is 2.46 bits per heavy atom. The van der Waals surface area contributed by atoms with Gasteiger partial charge < -0.3 is 45.1 Å². The van der Waals surface area contributed by atoms with Gasteiger partial charge in [0.1, 0.15) is 30.5 Å². The number of carbonyl (C=O) groups excluding carboxylic acids is 1. The summed E-state index contributed by atoms with van der Waals surface area (Å²) < 4.78 is 16.0.